The number of amides is 1. The van der Waals surface area contributed by atoms with Crippen LogP contribution in [0.25, 0.3) is 0 Å². The molecule has 0 spiro atoms. The Balaban J connectivity index is 3.94. The molecule has 0 aromatic carbocycles. The van der Waals surface area contributed by atoms with Gasteiger partial charge in [-0.2, -0.15) is 13.2 Å². The van der Waals surface area contributed by atoms with Crippen molar-refractivity contribution in [3.63, 3.8) is 0 Å². The number of hydrogen-bond acceptors (Lipinski definition) is 2. The molecule has 3 nitrogen and oxygen atoms in total. The second-order valence-electron chi connectivity index (χ2n) is 2.34. The summed E-state index contributed by atoms with van der Waals surface area (Å²) in [5, 5.41) is 2.05. The molecule has 0 saturated carbocycles. The molecule has 72 valence electrons. The molecule has 0 bridgehead atoms. The summed E-state index contributed by atoms with van der Waals surface area (Å²) in [6.45, 7) is 1.02. The molecular weight excluding hydrogens is 173 g/mol. The van der Waals surface area contributed by atoms with Crippen molar-refractivity contribution in [3.8, 4) is 0 Å². The summed E-state index contributed by atoms with van der Waals surface area (Å²) in [6, 6.07) is 0. The van der Waals surface area contributed by atoms with Crippen molar-refractivity contribution in [2.45, 2.75) is 13.1 Å². The molecular formula is C6H11F3N2O. The molecule has 0 saturated heterocycles. The number of nitrogens with one attached hydrogen (secondary N) is 1. The fourth-order valence-corrected chi connectivity index (χ4v) is 0.497. The highest BCUT2D eigenvalue weighted by molar-refractivity contribution is 5.78. The van der Waals surface area contributed by atoms with Crippen LogP contribution in [0.4, 0.5) is 13.2 Å². The molecule has 0 aliphatic heterocycles. The summed E-state index contributed by atoms with van der Waals surface area (Å²) in [6.07, 6.45) is -4.47. The predicted octanol–water partition coefficient (Wildman–Crippen LogP) is 0.260. The van der Waals surface area contributed by atoms with Crippen molar-refractivity contribution in [1.29, 1.82) is 0 Å². The monoisotopic (exact) mass is 184 g/mol. The molecule has 0 aromatic rings. The summed E-state index contributed by atoms with van der Waals surface area (Å²) in [5.41, 5.74) is 4.99. The summed E-state index contributed by atoms with van der Waals surface area (Å²) < 4.78 is 35.5. The van der Waals surface area contributed by atoms with Gasteiger partial charge in [0.2, 0.25) is 5.91 Å². The Hall–Kier alpha value is -0.780. The molecule has 0 rings (SSSR count). The lowest BCUT2D eigenvalue weighted by atomic mass is 10.1. The highest BCUT2D eigenvalue weighted by atomic mass is 19.4. The normalized spacial score (nSPS) is 14.1. The molecule has 6 heteroatoms. The van der Waals surface area contributed by atoms with Crippen LogP contribution < -0.4 is 11.1 Å². The van der Waals surface area contributed by atoms with Crippen molar-refractivity contribution < 1.29 is 18.0 Å². The Morgan fingerprint density at radius 3 is 2.42 bits per heavy atom. The van der Waals surface area contributed by atoms with Gasteiger partial charge in [-0.05, 0) is 6.92 Å². The summed E-state index contributed by atoms with van der Waals surface area (Å²) in [7, 11) is 0. The SMILES string of the molecule is CC(C(=O)NCCN)C(F)(F)F. The van der Waals surface area contributed by atoms with Crippen molar-refractivity contribution in [3.05, 3.63) is 0 Å². The molecule has 0 aromatic heterocycles. The van der Waals surface area contributed by atoms with Gasteiger partial charge in [-0.1, -0.05) is 0 Å². The van der Waals surface area contributed by atoms with Gasteiger partial charge in [-0.25, -0.2) is 0 Å². The van der Waals surface area contributed by atoms with Gasteiger partial charge in [0.1, 0.15) is 5.92 Å². The fraction of sp³-hybridized carbons (Fsp3) is 0.833. The number of hydrogen-bond donors (Lipinski definition) is 2. The topological polar surface area (TPSA) is 55.1 Å². The zero-order valence-electron chi connectivity index (χ0n) is 6.61. The van der Waals surface area contributed by atoms with Crippen LogP contribution in [0, 0.1) is 5.92 Å². The molecule has 12 heavy (non-hydrogen) atoms. The highest BCUT2D eigenvalue weighted by Crippen LogP contribution is 2.25. The van der Waals surface area contributed by atoms with E-state index in [0.29, 0.717) is 0 Å². The van der Waals surface area contributed by atoms with E-state index in [9.17, 15) is 18.0 Å². The maximum absolute atomic E-state index is 11.8. The lowest BCUT2D eigenvalue weighted by Crippen LogP contribution is -2.39. The predicted molar refractivity (Wildman–Crippen MR) is 37.3 cm³/mol. The molecule has 0 radical (unpaired) electrons. The number of carbonyl (C=O) groups excluding carboxylic acids is 1. The van der Waals surface area contributed by atoms with Crippen LogP contribution in [-0.2, 0) is 4.79 Å². The highest BCUT2D eigenvalue weighted by Gasteiger charge is 2.40. The van der Waals surface area contributed by atoms with E-state index in [2.05, 4.69) is 5.32 Å². The fourth-order valence-electron chi connectivity index (χ4n) is 0.497. The number of halogens is 3. The second-order valence-corrected chi connectivity index (χ2v) is 2.34. The minimum atomic E-state index is -4.47. The molecule has 0 aliphatic rings. The van der Waals surface area contributed by atoms with Crippen LogP contribution in [0.5, 0.6) is 0 Å². The van der Waals surface area contributed by atoms with Crippen LogP contribution >= 0.6 is 0 Å². The van der Waals surface area contributed by atoms with Crippen LogP contribution in [-0.4, -0.2) is 25.2 Å². The minimum Gasteiger partial charge on any atom is -0.354 e. The van der Waals surface area contributed by atoms with Crippen molar-refractivity contribution in [2.75, 3.05) is 13.1 Å². The largest absolute Gasteiger partial charge is 0.400 e. The first-order valence-electron chi connectivity index (χ1n) is 3.44. The first-order valence-corrected chi connectivity index (χ1v) is 3.44. The maximum Gasteiger partial charge on any atom is 0.400 e. The molecule has 0 heterocycles. The third kappa shape index (κ3) is 3.56. The smallest absolute Gasteiger partial charge is 0.354 e. The molecule has 3 N–H and O–H groups in total. The molecule has 1 unspecified atom stereocenters. The number of rotatable bonds is 3. The Bertz CT molecular complexity index is 157. The zero-order chi connectivity index (χ0) is 9.78. The standard InChI is InChI=1S/C6H11F3N2O/c1-4(6(7,8)9)5(12)11-3-2-10/h4H,2-3,10H2,1H3,(H,11,12). The second kappa shape index (κ2) is 4.30. The number of nitrogens with two attached hydrogens (primary N) is 1. The average Bonchev–Trinajstić information content (AvgIpc) is 1.97. The Morgan fingerprint density at radius 2 is 2.08 bits per heavy atom. The molecule has 1 amide bonds. The summed E-state index contributed by atoms with van der Waals surface area (Å²) in [4.78, 5) is 10.7. The zero-order valence-corrected chi connectivity index (χ0v) is 6.61. The lowest BCUT2D eigenvalue weighted by molar-refractivity contribution is -0.178. The van der Waals surface area contributed by atoms with Gasteiger partial charge >= 0.3 is 6.18 Å². The van der Waals surface area contributed by atoms with Gasteiger partial charge in [0.05, 0.1) is 0 Å². The van der Waals surface area contributed by atoms with Gasteiger partial charge in [0, 0.05) is 13.1 Å². The number of carbonyl (C=O) groups is 1. The van der Waals surface area contributed by atoms with Gasteiger partial charge in [0.15, 0.2) is 0 Å². The van der Waals surface area contributed by atoms with Gasteiger partial charge < -0.3 is 11.1 Å². The van der Waals surface area contributed by atoms with Crippen molar-refractivity contribution >= 4 is 5.91 Å². The van der Waals surface area contributed by atoms with Gasteiger partial charge in [0.25, 0.3) is 0 Å². The van der Waals surface area contributed by atoms with E-state index in [1.807, 2.05) is 0 Å². The molecule has 0 aliphatic carbocycles. The van der Waals surface area contributed by atoms with Crippen LogP contribution in [0.2, 0.25) is 0 Å². The van der Waals surface area contributed by atoms with E-state index < -0.39 is 18.0 Å². The van der Waals surface area contributed by atoms with Gasteiger partial charge in [-0.3, -0.25) is 4.79 Å². The van der Waals surface area contributed by atoms with Crippen molar-refractivity contribution in [2.24, 2.45) is 11.7 Å². The minimum absolute atomic E-state index is 0.0687. The molecule has 0 fully saturated rings. The third-order valence-electron chi connectivity index (χ3n) is 1.33. The summed E-state index contributed by atoms with van der Waals surface area (Å²) >= 11 is 0. The average molecular weight is 184 g/mol. The van der Waals surface area contributed by atoms with E-state index in [4.69, 9.17) is 5.73 Å². The first-order chi connectivity index (χ1) is 5.39. The van der Waals surface area contributed by atoms with Crippen LogP contribution in [0.3, 0.4) is 0 Å². The quantitative estimate of drug-likeness (QED) is 0.661. The molecule has 1 atom stereocenters. The Morgan fingerprint density at radius 1 is 1.58 bits per heavy atom. The summed E-state index contributed by atoms with van der Waals surface area (Å²) in [5.74, 6) is -3.00. The van der Waals surface area contributed by atoms with Gasteiger partial charge in [-0.15, -0.1) is 0 Å². The van der Waals surface area contributed by atoms with E-state index in [1.54, 1.807) is 0 Å². The van der Waals surface area contributed by atoms with Crippen molar-refractivity contribution in [1.82, 2.24) is 5.32 Å². The number of alkyl halides is 3. The lowest BCUT2D eigenvalue weighted by Gasteiger charge is -2.14. The Kier molecular flexibility index (Phi) is 4.02. The van der Waals surface area contributed by atoms with E-state index in [-0.39, 0.29) is 13.1 Å². The van der Waals surface area contributed by atoms with E-state index >= 15 is 0 Å². The first kappa shape index (κ1) is 11.2. The van der Waals surface area contributed by atoms with Crippen LogP contribution in [0.15, 0.2) is 0 Å². The van der Waals surface area contributed by atoms with Crippen LogP contribution in [0.1, 0.15) is 6.92 Å². The van der Waals surface area contributed by atoms with E-state index in [0.717, 1.165) is 6.92 Å². The maximum atomic E-state index is 11.8. The third-order valence-corrected chi connectivity index (χ3v) is 1.33. The Labute approximate surface area is 68.1 Å². The van der Waals surface area contributed by atoms with E-state index in [1.165, 1.54) is 0 Å².